The molecule has 8 heteroatoms. The van der Waals surface area contributed by atoms with Gasteiger partial charge in [0, 0.05) is 19.0 Å². The Kier molecular flexibility index (Phi) is 6.49. The summed E-state index contributed by atoms with van der Waals surface area (Å²) >= 11 is 0. The molecule has 24 heavy (non-hydrogen) atoms. The van der Waals surface area contributed by atoms with Gasteiger partial charge in [0.2, 0.25) is 0 Å². The van der Waals surface area contributed by atoms with Gasteiger partial charge >= 0.3 is 18.2 Å². The fourth-order valence-electron chi connectivity index (χ4n) is 2.24. The van der Waals surface area contributed by atoms with Gasteiger partial charge in [-0.2, -0.15) is 13.2 Å². The Balaban J connectivity index is 2.91. The highest BCUT2D eigenvalue weighted by molar-refractivity contribution is 5.76. The second-order valence-electron chi connectivity index (χ2n) is 6.43. The largest absolute Gasteiger partial charge is 0.466 e. The van der Waals surface area contributed by atoms with Crippen LogP contribution in [0.3, 0.4) is 0 Å². The van der Waals surface area contributed by atoms with E-state index >= 15 is 0 Å². The molecule has 1 aliphatic rings. The van der Waals surface area contributed by atoms with Crippen molar-refractivity contribution >= 4 is 12.1 Å². The monoisotopic (exact) mass is 349 g/mol. The number of rotatable bonds is 3. The first-order valence-corrected chi connectivity index (χ1v) is 7.58. The van der Waals surface area contributed by atoms with Crippen LogP contribution in [0.2, 0.25) is 0 Å². The zero-order valence-corrected chi connectivity index (χ0v) is 14.1. The summed E-state index contributed by atoms with van der Waals surface area (Å²) in [5.41, 5.74) is 1.33. The summed E-state index contributed by atoms with van der Waals surface area (Å²) in [4.78, 5) is 25.4. The Bertz CT molecular complexity index is 530. The Hall–Kier alpha value is -1.95. The second-order valence-corrected chi connectivity index (χ2v) is 6.43. The summed E-state index contributed by atoms with van der Waals surface area (Å²) in [6.07, 6.45) is -3.99. The molecule has 1 amide bonds. The van der Waals surface area contributed by atoms with Crippen LogP contribution < -0.4 is 0 Å². The van der Waals surface area contributed by atoms with E-state index < -0.39 is 35.7 Å². The predicted octanol–water partition coefficient (Wildman–Crippen LogP) is 3.31. The van der Waals surface area contributed by atoms with E-state index in [1.807, 2.05) is 5.73 Å². The highest BCUT2D eigenvalue weighted by Gasteiger charge is 2.40. The number of amides is 1. The number of ether oxygens (including phenoxy) is 2. The maximum absolute atomic E-state index is 12.2. The highest BCUT2D eigenvalue weighted by atomic mass is 19.4. The van der Waals surface area contributed by atoms with Gasteiger partial charge in [-0.3, -0.25) is 4.79 Å². The lowest BCUT2D eigenvalue weighted by molar-refractivity contribution is -0.148. The first-order valence-electron chi connectivity index (χ1n) is 7.58. The van der Waals surface area contributed by atoms with Crippen LogP contribution >= 0.6 is 0 Å². The molecule has 0 aromatic rings. The molecule has 1 aliphatic heterocycles. The topological polar surface area (TPSA) is 55.8 Å². The van der Waals surface area contributed by atoms with Gasteiger partial charge in [0.15, 0.2) is 0 Å². The number of halogens is 3. The number of hydrogen-bond acceptors (Lipinski definition) is 4. The van der Waals surface area contributed by atoms with Crippen molar-refractivity contribution in [1.29, 1.82) is 0 Å². The van der Waals surface area contributed by atoms with Crippen molar-refractivity contribution in [2.75, 3.05) is 19.7 Å². The summed E-state index contributed by atoms with van der Waals surface area (Å²) in [6, 6.07) is 0. The zero-order valence-electron chi connectivity index (χ0n) is 14.1. The number of alkyl halides is 3. The lowest BCUT2D eigenvalue weighted by atomic mass is 9.96. The van der Waals surface area contributed by atoms with Crippen molar-refractivity contribution in [1.82, 2.24) is 4.90 Å². The van der Waals surface area contributed by atoms with Crippen molar-refractivity contribution < 1.29 is 32.2 Å². The van der Waals surface area contributed by atoms with Crippen molar-refractivity contribution in [2.45, 2.75) is 39.5 Å². The Morgan fingerprint density at radius 2 is 1.88 bits per heavy atom. The van der Waals surface area contributed by atoms with Crippen LogP contribution in [0.4, 0.5) is 18.0 Å². The molecule has 5 nitrogen and oxygen atoms in total. The van der Waals surface area contributed by atoms with Gasteiger partial charge < -0.3 is 14.4 Å². The number of carbonyl (C=O) groups is 2. The van der Waals surface area contributed by atoms with Crippen LogP contribution in [0.5, 0.6) is 0 Å². The van der Waals surface area contributed by atoms with Crippen molar-refractivity contribution in [3.63, 3.8) is 0 Å². The third kappa shape index (κ3) is 6.66. The lowest BCUT2D eigenvalue weighted by Gasteiger charge is -2.24. The van der Waals surface area contributed by atoms with Crippen molar-refractivity contribution in [3.05, 3.63) is 17.9 Å². The van der Waals surface area contributed by atoms with Gasteiger partial charge in [0.25, 0.3) is 0 Å². The standard InChI is InChI=1S/C16H22F3NO4/c1-5-23-13(21)12-10-20(14(22)24-15(2,3)4)9-11(12)7-6-8-16(17,18)19/h7-8,11-12H,5,9-10H2,1-4H3/t6?,11-,12?/m1/s1. The minimum Gasteiger partial charge on any atom is -0.466 e. The highest BCUT2D eigenvalue weighted by Crippen LogP contribution is 2.27. The molecule has 136 valence electrons. The molecule has 1 unspecified atom stereocenters. The molecule has 0 aliphatic carbocycles. The Morgan fingerprint density at radius 1 is 1.25 bits per heavy atom. The molecule has 1 saturated heterocycles. The van der Waals surface area contributed by atoms with E-state index in [9.17, 15) is 22.8 Å². The molecular formula is C16H22F3NO4. The molecular weight excluding hydrogens is 327 g/mol. The van der Waals surface area contributed by atoms with Gasteiger partial charge in [-0.05, 0) is 33.8 Å². The Morgan fingerprint density at radius 3 is 2.38 bits per heavy atom. The fourth-order valence-corrected chi connectivity index (χ4v) is 2.24. The third-order valence-electron chi connectivity index (χ3n) is 3.16. The molecule has 2 atom stereocenters. The molecule has 0 N–H and O–H groups in total. The van der Waals surface area contributed by atoms with Gasteiger partial charge in [-0.25, -0.2) is 4.79 Å². The number of hydrogen-bond donors (Lipinski definition) is 0. The van der Waals surface area contributed by atoms with Crippen molar-refractivity contribution in [3.8, 4) is 0 Å². The average Bonchev–Trinajstić information content (AvgIpc) is 2.80. The number of likely N-dealkylation sites (tertiary alicyclic amines) is 1. The van der Waals surface area contributed by atoms with E-state index in [-0.39, 0.29) is 25.8 Å². The summed E-state index contributed by atoms with van der Waals surface area (Å²) < 4.78 is 46.7. The SMILES string of the molecule is CCOC(=O)C1CN(C(=O)OC(C)(C)C)C[C@H]1C=C=CC(F)(F)F. The maximum Gasteiger partial charge on any atom is 0.416 e. The fraction of sp³-hybridized carbons (Fsp3) is 0.688. The zero-order chi connectivity index (χ0) is 18.5. The summed E-state index contributed by atoms with van der Waals surface area (Å²) in [7, 11) is 0. The molecule has 0 spiro atoms. The molecule has 1 fully saturated rings. The van der Waals surface area contributed by atoms with Crippen LogP contribution in [0.25, 0.3) is 0 Å². The minimum absolute atomic E-state index is 0.0304. The number of esters is 1. The molecule has 0 radical (unpaired) electrons. The van der Waals surface area contributed by atoms with Crippen LogP contribution in [0.15, 0.2) is 17.9 Å². The van der Waals surface area contributed by atoms with E-state index in [2.05, 4.69) is 0 Å². The van der Waals surface area contributed by atoms with E-state index in [0.29, 0.717) is 0 Å². The minimum atomic E-state index is -4.49. The van der Waals surface area contributed by atoms with Gasteiger partial charge in [0.05, 0.1) is 18.6 Å². The van der Waals surface area contributed by atoms with Crippen LogP contribution in [0.1, 0.15) is 27.7 Å². The molecule has 1 heterocycles. The molecule has 0 bridgehead atoms. The average molecular weight is 349 g/mol. The van der Waals surface area contributed by atoms with E-state index in [0.717, 1.165) is 6.08 Å². The maximum atomic E-state index is 12.2. The molecule has 0 aromatic heterocycles. The molecule has 0 saturated carbocycles. The lowest BCUT2D eigenvalue weighted by Crippen LogP contribution is -2.36. The molecule has 0 aromatic carbocycles. The van der Waals surface area contributed by atoms with Gasteiger partial charge in [-0.1, -0.05) is 0 Å². The van der Waals surface area contributed by atoms with Crippen LogP contribution in [-0.4, -0.2) is 48.4 Å². The van der Waals surface area contributed by atoms with E-state index in [4.69, 9.17) is 9.47 Å². The second kappa shape index (κ2) is 7.75. The van der Waals surface area contributed by atoms with Crippen LogP contribution in [-0.2, 0) is 14.3 Å². The number of nitrogens with zero attached hydrogens (tertiary/aromatic N) is 1. The van der Waals surface area contributed by atoms with Crippen molar-refractivity contribution in [2.24, 2.45) is 11.8 Å². The van der Waals surface area contributed by atoms with E-state index in [1.54, 1.807) is 27.7 Å². The predicted molar refractivity (Wildman–Crippen MR) is 80.1 cm³/mol. The Labute approximate surface area is 139 Å². The summed E-state index contributed by atoms with van der Waals surface area (Å²) in [6.45, 7) is 6.98. The van der Waals surface area contributed by atoms with E-state index in [1.165, 1.54) is 4.90 Å². The first-order chi connectivity index (χ1) is 10.9. The summed E-state index contributed by atoms with van der Waals surface area (Å²) in [5.74, 6) is -1.92. The summed E-state index contributed by atoms with van der Waals surface area (Å²) in [5, 5.41) is 0. The van der Waals surface area contributed by atoms with Gasteiger partial charge in [0.1, 0.15) is 5.60 Å². The normalized spacial score (nSPS) is 21.0. The molecule has 1 rings (SSSR count). The van der Waals surface area contributed by atoms with Crippen LogP contribution in [0, 0.1) is 11.8 Å². The first kappa shape index (κ1) is 20.1. The smallest absolute Gasteiger partial charge is 0.416 e. The number of carbonyl (C=O) groups excluding carboxylic acids is 2. The quantitative estimate of drug-likeness (QED) is 0.579. The third-order valence-corrected chi connectivity index (χ3v) is 3.16. The van der Waals surface area contributed by atoms with Gasteiger partial charge in [-0.15, -0.1) is 5.73 Å².